The van der Waals surface area contributed by atoms with Crippen LogP contribution in [-0.2, 0) is 16.1 Å². The molecule has 0 amide bonds. The summed E-state index contributed by atoms with van der Waals surface area (Å²) in [4.78, 5) is 16.9. The van der Waals surface area contributed by atoms with Gasteiger partial charge in [-0.15, -0.1) is 0 Å². The molecule has 2 bridgehead atoms. The molecule has 5 aliphatic rings. The Labute approximate surface area is 175 Å². The van der Waals surface area contributed by atoms with Crippen LogP contribution in [0.3, 0.4) is 0 Å². The van der Waals surface area contributed by atoms with Crippen LogP contribution in [-0.4, -0.2) is 56.8 Å². The number of carbonyl (C=O) groups excluding carboxylic acids is 1. The zero-order valence-corrected chi connectivity index (χ0v) is 17.2. The molecule has 0 aromatic heterocycles. The lowest BCUT2D eigenvalue weighted by Crippen LogP contribution is -2.66. The Morgan fingerprint density at radius 1 is 1.10 bits per heavy atom. The zero-order chi connectivity index (χ0) is 20.1. The first-order valence-electron chi connectivity index (χ1n) is 10.7. The highest BCUT2D eigenvalue weighted by molar-refractivity contribution is 7.80. The first-order valence-corrected chi connectivity index (χ1v) is 11.1. The largest absolute Gasteiger partial charge is 0.457 e. The van der Waals surface area contributed by atoms with Gasteiger partial charge in [-0.2, -0.15) is 0 Å². The Bertz CT molecular complexity index is 798. The van der Waals surface area contributed by atoms with Crippen molar-refractivity contribution in [2.45, 2.75) is 69.4 Å². The van der Waals surface area contributed by atoms with Crippen LogP contribution in [0.4, 0.5) is 4.39 Å². The van der Waals surface area contributed by atoms with E-state index in [-0.39, 0.29) is 29.8 Å². The van der Waals surface area contributed by atoms with Gasteiger partial charge in [0, 0.05) is 13.1 Å². The second-order valence-electron chi connectivity index (χ2n) is 8.99. The van der Waals surface area contributed by atoms with Gasteiger partial charge in [0.05, 0.1) is 24.1 Å². The molecule has 6 rings (SSSR count). The van der Waals surface area contributed by atoms with Crippen molar-refractivity contribution in [2.75, 3.05) is 6.54 Å². The van der Waals surface area contributed by atoms with Crippen LogP contribution in [0.5, 0.6) is 0 Å². The molecule has 29 heavy (non-hydrogen) atoms. The lowest BCUT2D eigenvalue weighted by molar-refractivity contribution is -0.199. The molecule has 2 saturated carbocycles. The lowest BCUT2D eigenvalue weighted by atomic mass is 9.74. The molecular weight excluding hydrogens is 391 g/mol. The first-order chi connectivity index (χ1) is 14.0. The number of aliphatic hydroxyl groups excluding tert-OH is 1. The monoisotopic (exact) mass is 418 g/mol. The van der Waals surface area contributed by atoms with E-state index < -0.39 is 12.2 Å². The molecule has 0 radical (unpaired) electrons. The van der Waals surface area contributed by atoms with Crippen molar-refractivity contribution in [3.63, 3.8) is 0 Å². The Balaban J connectivity index is 1.45. The number of halogens is 1. The Morgan fingerprint density at radius 2 is 1.83 bits per heavy atom. The van der Waals surface area contributed by atoms with Crippen molar-refractivity contribution in [2.24, 2.45) is 11.8 Å². The predicted molar refractivity (Wildman–Crippen MR) is 109 cm³/mol. The van der Waals surface area contributed by atoms with Crippen LogP contribution in [0, 0.1) is 17.7 Å². The Kier molecular flexibility index (Phi) is 4.98. The number of benzene rings is 1. The van der Waals surface area contributed by atoms with Crippen molar-refractivity contribution in [1.29, 1.82) is 0 Å². The average Bonchev–Trinajstić information content (AvgIpc) is 2.99. The smallest absolute Gasteiger partial charge is 0.311 e. The molecule has 5 fully saturated rings. The quantitative estimate of drug-likeness (QED) is 0.600. The molecule has 5 nitrogen and oxygen atoms in total. The highest BCUT2D eigenvalue weighted by atomic mass is 32.1. The van der Waals surface area contributed by atoms with Gasteiger partial charge in [0.25, 0.3) is 0 Å². The van der Waals surface area contributed by atoms with Crippen molar-refractivity contribution in [1.82, 2.24) is 9.80 Å². The molecule has 1 aromatic rings. The van der Waals surface area contributed by atoms with Gasteiger partial charge in [-0.05, 0) is 55.1 Å². The number of fused-ring (bicyclic) bond motifs is 2. The summed E-state index contributed by atoms with van der Waals surface area (Å²) in [5.41, 5.74) is 0.953. The molecule has 3 saturated heterocycles. The summed E-state index contributed by atoms with van der Waals surface area (Å²) in [6, 6.07) is 6.24. The minimum atomic E-state index is -0.660. The van der Waals surface area contributed by atoms with E-state index in [2.05, 4.69) is 9.80 Å². The minimum absolute atomic E-state index is 0.0421. The standard InChI is InChI=1S/C22H27FN2O3S/c23-15-8-6-14(7-9-15)12-25-19-18(16-10-17(26)20(19)28-21(16)27)24(22(25)29)11-13-4-2-1-3-5-13/h6-9,13,16-20,26H,1-5,10-12H2. The maximum Gasteiger partial charge on any atom is 0.311 e. The van der Waals surface area contributed by atoms with Gasteiger partial charge in [0.15, 0.2) is 5.11 Å². The van der Waals surface area contributed by atoms with E-state index in [4.69, 9.17) is 17.0 Å². The summed E-state index contributed by atoms with van der Waals surface area (Å²) in [5.74, 6) is -0.230. The fraction of sp³-hybridized carbons (Fsp3) is 0.636. The minimum Gasteiger partial charge on any atom is -0.457 e. The molecular formula is C22H27FN2O3S. The first kappa shape index (κ1) is 19.2. The van der Waals surface area contributed by atoms with Crippen molar-refractivity contribution in [3.05, 3.63) is 35.6 Å². The predicted octanol–water partition coefficient (Wildman–Crippen LogP) is 2.85. The zero-order valence-electron chi connectivity index (χ0n) is 16.4. The van der Waals surface area contributed by atoms with Gasteiger partial charge >= 0.3 is 5.97 Å². The molecule has 3 heterocycles. The number of rotatable bonds is 4. The van der Waals surface area contributed by atoms with E-state index in [9.17, 15) is 14.3 Å². The van der Waals surface area contributed by atoms with Crippen LogP contribution in [0.2, 0.25) is 0 Å². The normalized spacial score (nSPS) is 34.5. The number of nitrogens with zero attached hydrogens (tertiary/aromatic N) is 2. The maximum atomic E-state index is 13.3. The van der Waals surface area contributed by atoms with Crippen LogP contribution in [0.25, 0.3) is 0 Å². The number of aliphatic hydroxyl groups is 1. The lowest BCUT2D eigenvalue weighted by Gasteiger charge is -2.49. The van der Waals surface area contributed by atoms with Crippen LogP contribution in [0.15, 0.2) is 24.3 Å². The van der Waals surface area contributed by atoms with Gasteiger partial charge < -0.3 is 19.6 Å². The summed E-state index contributed by atoms with van der Waals surface area (Å²) in [7, 11) is 0. The van der Waals surface area contributed by atoms with Crippen molar-refractivity contribution < 1.29 is 19.0 Å². The number of carbonyl (C=O) groups is 1. The SMILES string of the molecule is O=C1OC2C(O)CC1C1C2N(Cc2ccc(F)cc2)C(=S)N1CC1CCCCC1. The topological polar surface area (TPSA) is 53.0 Å². The number of esters is 1. The molecule has 5 unspecified atom stereocenters. The third kappa shape index (κ3) is 3.32. The van der Waals surface area contributed by atoms with Crippen molar-refractivity contribution >= 4 is 23.3 Å². The van der Waals surface area contributed by atoms with E-state index in [0.29, 0.717) is 18.9 Å². The summed E-state index contributed by atoms with van der Waals surface area (Å²) in [5, 5.41) is 11.3. The van der Waals surface area contributed by atoms with E-state index in [0.717, 1.165) is 17.2 Å². The molecule has 2 aliphatic carbocycles. The molecule has 1 aromatic carbocycles. The number of hydrogen-bond acceptors (Lipinski definition) is 4. The fourth-order valence-corrected chi connectivity index (χ4v) is 6.17. The van der Waals surface area contributed by atoms with Crippen LogP contribution in [0.1, 0.15) is 44.1 Å². The molecule has 1 N–H and O–H groups in total. The van der Waals surface area contributed by atoms with Crippen molar-refractivity contribution in [3.8, 4) is 0 Å². The fourth-order valence-electron chi connectivity index (χ4n) is 5.79. The van der Waals surface area contributed by atoms with E-state index >= 15 is 0 Å². The summed E-state index contributed by atoms with van der Waals surface area (Å²) < 4.78 is 19.0. The molecule has 3 aliphatic heterocycles. The third-order valence-electron chi connectivity index (χ3n) is 7.19. The van der Waals surface area contributed by atoms with E-state index in [1.807, 2.05) is 0 Å². The Morgan fingerprint density at radius 3 is 2.55 bits per heavy atom. The maximum absolute atomic E-state index is 13.3. The molecule has 7 heteroatoms. The molecule has 156 valence electrons. The summed E-state index contributed by atoms with van der Waals surface area (Å²) in [6.07, 6.45) is 5.44. The number of ether oxygens (including phenoxy) is 1. The van der Waals surface area contributed by atoms with Gasteiger partial charge in [-0.25, -0.2) is 4.39 Å². The molecule has 5 atom stereocenters. The van der Waals surface area contributed by atoms with Gasteiger partial charge in [-0.1, -0.05) is 31.4 Å². The highest BCUT2D eigenvalue weighted by Gasteiger charge is 2.62. The summed E-state index contributed by atoms with van der Waals surface area (Å²) in [6.45, 7) is 1.39. The Hall–Kier alpha value is -1.73. The van der Waals surface area contributed by atoms with Gasteiger partial charge in [0.2, 0.25) is 0 Å². The van der Waals surface area contributed by atoms with Gasteiger partial charge in [0.1, 0.15) is 11.9 Å². The average molecular weight is 419 g/mol. The third-order valence-corrected chi connectivity index (χ3v) is 7.65. The second kappa shape index (κ2) is 7.51. The second-order valence-corrected chi connectivity index (χ2v) is 9.35. The van der Waals surface area contributed by atoms with Crippen LogP contribution >= 0.6 is 12.2 Å². The van der Waals surface area contributed by atoms with Crippen LogP contribution < -0.4 is 0 Å². The highest BCUT2D eigenvalue weighted by Crippen LogP contribution is 2.45. The summed E-state index contributed by atoms with van der Waals surface area (Å²) >= 11 is 5.91. The number of hydrogen-bond donors (Lipinski definition) is 1. The number of thiocarbonyl (C=S) groups is 1. The molecule has 0 spiro atoms. The van der Waals surface area contributed by atoms with Gasteiger partial charge in [-0.3, -0.25) is 4.79 Å². The van der Waals surface area contributed by atoms with E-state index in [1.165, 1.54) is 44.2 Å². The van der Waals surface area contributed by atoms with E-state index in [1.54, 1.807) is 12.1 Å².